The first-order valence-corrected chi connectivity index (χ1v) is 8.31. The summed E-state index contributed by atoms with van der Waals surface area (Å²) in [6.07, 6.45) is 0. The Kier molecular flexibility index (Phi) is 6.44. The average molecular weight is 330 g/mol. The van der Waals surface area contributed by atoms with Crippen LogP contribution < -0.4 is 10.1 Å². The zero-order valence-electron chi connectivity index (χ0n) is 14.8. The summed E-state index contributed by atoms with van der Waals surface area (Å²) in [5.74, 6) is 1.70. The summed E-state index contributed by atoms with van der Waals surface area (Å²) in [5, 5.41) is 2.98. The van der Waals surface area contributed by atoms with E-state index in [4.69, 9.17) is 9.15 Å². The summed E-state index contributed by atoms with van der Waals surface area (Å²) in [5.41, 5.74) is 1.12. The van der Waals surface area contributed by atoms with Crippen molar-refractivity contribution in [2.24, 2.45) is 0 Å². The van der Waals surface area contributed by atoms with Gasteiger partial charge in [-0.05, 0) is 49.8 Å². The van der Waals surface area contributed by atoms with Crippen molar-refractivity contribution in [3.05, 3.63) is 53.5 Å². The number of methoxy groups -OCH3 is 1. The third kappa shape index (κ3) is 4.38. The van der Waals surface area contributed by atoms with Crippen molar-refractivity contribution in [1.29, 1.82) is 0 Å². The maximum atomic E-state index is 12.3. The van der Waals surface area contributed by atoms with E-state index in [1.54, 1.807) is 19.2 Å². The van der Waals surface area contributed by atoms with Crippen molar-refractivity contribution in [3.8, 4) is 5.75 Å². The van der Waals surface area contributed by atoms with Gasteiger partial charge in [-0.25, -0.2) is 0 Å². The number of aryl methyl sites for hydroxylation is 1. The van der Waals surface area contributed by atoms with Gasteiger partial charge in [0, 0.05) is 6.54 Å². The standard InChI is InChI=1S/C19H26N2O3/c1-5-21(6-2)17(15-8-7-9-16(12-15)23-4)13-20-19(22)18-11-10-14(3)24-18/h7-12,17H,5-6,13H2,1-4H3,(H,20,22). The number of ether oxygens (including phenoxy) is 1. The fraction of sp³-hybridized carbons (Fsp3) is 0.421. The van der Waals surface area contributed by atoms with Crippen LogP contribution in [-0.4, -0.2) is 37.6 Å². The normalized spacial score (nSPS) is 12.2. The van der Waals surface area contributed by atoms with Gasteiger partial charge in [0.1, 0.15) is 11.5 Å². The smallest absolute Gasteiger partial charge is 0.287 e. The summed E-state index contributed by atoms with van der Waals surface area (Å²) < 4.78 is 10.7. The molecule has 5 nitrogen and oxygen atoms in total. The minimum absolute atomic E-state index is 0.0788. The second-order valence-corrected chi connectivity index (χ2v) is 5.63. The molecule has 1 aromatic carbocycles. The summed E-state index contributed by atoms with van der Waals surface area (Å²) in [4.78, 5) is 14.6. The molecule has 1 unspecified atom stereocenters. The molecular formula is C19H26N2O3. The fourth-order valence-corrected chi connectivity index (χ4v) is 2.80. The number of carbonyl (C=O) groups is 1. The molecule has 130 valence electrons. The molecule has 1 amide bonds. The summed E-state index contributed by atoms with van der Waals surface area (Å²) in [6.45, 7) is 8.37. The van der Waals surface area contributed by atoms with Crippen molar-refractivity contribution < 1.29 is 13.9 Å². The Balaban J connectivity index is 2.15. The van der Waals surface area contributed by atoms with Gasteiger partial charge in [-0.1, -0.05) is 26.0 Å². The Hall–Kier alpha value is -2.27. The van der Waals surface area contributed by atoms with Gasteiger partial charge in [0.15, 0.2) is 5.76 Å². The van der Waals surface area contributed by atoms with Gasteiger partial charge in [-0.15, -0.1) is 0 Å². The molecule has 1 aromatic heterocycles. The molecule has 0 aliphatic rings. The number of furan rings is 1. The topological polar surface area (TPSA) is 54.7 Å². The van der Waals surface area contributed by atoms with Crippen molar-refractivity contribution in [2.75, 3.05) is 26.7 Å². The number of hydrogen-bond donors (Lipinski definition) is 1. The second kappa shape index (κ2) is 8.55. The Bertz CT molecular complexity index is 662. The number of nitrogens with zero attached hydrogens (tertiary/aromatic N) is 1. The minimum Gasteiger partial charge on any atom is -0.497 e. The van der Waals surface area contributed by atoms with Gasteiger partial charge in [-0.3, -0.25) is 9.69 Å². The van der Waals surface area contributed by atoms with E-state index in [2.05, 4.69) is 30.1 Å². The molecule has 24 heavy (non-hydrogen) atoms. The van der Waals surface area contributed by atoms with E-state index in [1.165, 1.54) is 0 Å². The van der Waals surface area contributed by atoms with E-state index in [9.17, 15) is 4.79 Å². The first-order valence-electron chi connectivity index (χ1n) is 8.31. The summed E-state index contributed by atoms with van der Waals surface area (Å²) in [6, 6.07) is 11.5. The minimum atomic E-state index is -0.192. The quantitative estimate of drug-likeness (QED) is 0.806. The zero-order chi connectivity index (χ0) is 17.5. The third-order valence-electron chi connectivity index (χ3n) is 4.15. The molecule has 2 aromatic rings. The van der Waals surface area contributed by atoms with Crippen LogP contribution in [0.5, 0.6) is 5.75 Å². The maximum Gasteiger partial charge on any atom is 0.287 e. The Morgan fingerprint density at radius 2 is 2.00 bits per heavy atom. The molecule has 0 aliphatic heterocycles. The van der Waals surface area contributed by atoms with Crippen LogP contribution in [0.4, 0.5) is 0 Å². The number of rotatable bonds is 8. The van der Waals surface area contributed by atoms with E-state index in [0.29, 0.717) is 12.3 Å². The SMILES string of the molecule is CCN(CC)C(CNC(=O)c1ccc(C)o1)c1cccc(OC)c1. The molecule has 0 saturated heterocycles. The zero-order valence-corrected chi connectivity index (χ0v) is 14.8. The Morgan fingerprint density at radius 1 is 1.25 bits per heavy atom. The molecule has 1 heterocycles. The van der Waals surface area contributed by atoms with Crippen LogP contribution in [0.3, 0.4) is 0 Å². The van der Waals surface area contributed by atoms with Gasteiger partial charge in [0.2, 0.25) is 0 Å². The largest absolute Gasteiger partial charge is 0.497 e. The monoisotopic (exact) mass is 330 g/mol. The number of amides is 1. The van der Waals surface area contributed by atoms with Crippen molar-refractivity contribution in [2.45, 2.75) is 26.8 Å². The van der Waals surface area contributed by atoms with Gasteiger partial charge >= 0.3 is 0 Å². The highest BCUT2D eigenvalue weighted by molar-refractivity contribution is 5.91. The summed E-state index contributed by atoms with van der Waals surface area (Å²) in [7, 11) is 1.66. The highest BCUT2D eigenvalue weighted by atomic mass is 16.5. The molecule has 0 aliphatic carbocycles. The predicted octanol–water partition coefficient (Wildman–Crippen LogP) is 3.41. The van der Waals surface area contributed by atoms with Gasteiger partial charge in [0.05, 0.1) is 13.2 Å². The van der Waals surface area contributed by atoms with E-state index in [0.717, 1.165) is 30.2 Å². The van der Waals surface area contributed by atoms with Crippen LogP contribution >= 0.6 is 0 Å². The molecule has 5 heteroatoms. The highest BCUT2D eigenvalue weighted by Crippen LogP contribution is 2.24. The number of likely N-dealkylation sites (N-methyl/N-ethyl adjacent to an activating group) is 1. The fourth-order valence-electron chi connectivity index (χ4n) is 2.80. The van der Waals surface area contributed by atoms with Crippen LogP contribution in [0.25, 0.3) is 0 Å². The van der Waals surface area contributed by atoms with Gasteiger partial charge < -0.3 is 14.5 Å². The lowest BCUT2D eigenvalue weighted by atomic mass is 10.0. The molecule has 0 saturated carbocycles. The van der Waals surface area contributed by atoms with E-state index >= 15 is 0 Å². The molecule has 0 fully saturated rings. The summed E-state index contributed by atoms with van der Waals surface area (Å²) >= 11 is 0. The Morgan fingerprint density at radius 3 is 2.58 bits per heavy atom. The number of benzene rings is 1. The van der Waals surface area contributed by atoms with Crippen LogP contribution in [0.15, 0.2) is 40.8 Å². The molecule has 0 spiro atoms. The van der Waals surface area contributed by atoms with E-state index in [-0.39, 0.29) is 11.9 Å². The van der Waals surface area contributed by atoms with Gasteiger partial charge in [0.25, 0.3) is 5.91 Å². The number of carbonyl (C=O) groups excluding carboxylic acids is 1. The lowest BCUT2D eigenvalue weighted by Gasteiger charge is -2.30. The van der Waals surface area contributed by atoms with Crippen LogP contribution in [-0.2, 0) is 0 Å². The lowest BCUT2D eigenvalue weighted by molar-refractivity contribution is 0.0906. The predicted molar refractivity (Wildman–Crippen MR) is 94.4 cm³/mol. The average Bonchev–Trinajstić information content (AvgIpc) is 3.05. The Labute approximate surface area is 143 Å². The lowest BCUT2D eigenvalue weighted by Crippen LogP contribution is -2.38. The highest BCUT2D eigenvalue weighted by Gasteiger charge is 2.20. The number of nitrogens with one attached hydrogen (secondary N) is 1. The maximum absolute atomic E-state index is 12.3. The first kappa shape index (κ1) is 18.1. The van der Waals surface area contributed by atoms with Crippen molar-refractivity contribution >= 4 is 5.91 Å². The third-order valence-corrected chi connectivity index (χ3v) is 4.15. The molecule has 0 bridgehead atoms. The van der Waals surface area contributed by atoms with Crippen LogP contribution in [0.1, 0.15) is 41.8 Å². The number of hydrogen-bond acceptors (Lipinski definition) is 4. The van der Waals surface area contributed by atoms with E-state index in [1.807, 2.05) is 25.1 Å². The van der Waals surface area contributed by atoms with Crippen LogP contribution in [0.2, 0.25) is 0 Å². The van der Waals surface area contributed by atoms with Crippen molar-refractivity contribution in [3.63, 3.8) is 0 Å². The molecule has 1 atom stereocenters. The van der Waals surface area contributed by atoms with Crippen LogP contribution in [0, 0.1) is 6.92 Å². The molecule has 0 radical (unpaired) electrons. The second-order valence-electron chi connectivity index (χ2n) is 5.63. The molecular weight excluding hydrogens is 304 g/mol. The van der Waals surface area contributed by atoms with E-state index < -0.39 is 0 Å². The molecule has 2 rings (SSSR count). The van der Waals surface area contributed by atoms with Crippen molar-refractivity contribution in [1.82, 2.24) is 10.2 Å². The first-order chi connectivity index (χ1) is 11.6. The molecule has 1 N–H and O–H groups in total. The van der Waals surface area contributed by atoms with Gasteiger partial charge in [-0.2, -0.15) is 0 Å².